The fraction of sp³-hybridized carbons (Fsp3) is 0.523. The molecule has 2 aliphatic rings. The Balaban J connectivity index is 1.36. The van der Waals surface area contributed by atoms with Gasteiger partial charge < -0.3 is 58.5 Å². The van der Waals surface area contributed by atoms with Gasteiger partial charge in [0.2, 0.25) is 17.7 Å². The summed E-state index contributed by atoms with van der Waals surface area (Å²) >= 11 is 5.54. The molecule has 0 spiro atoms. The first-order chi connectivity index (χ1) is 32.4. The third-order valence-electron chi connectivity index (χ3n) is 11.3. The number of thiocarbonyl (C=S) groups is 1. The third-order valence-corrected chi connectivity index (χ3v) is 11.6. The maximum atomic E-state index is 13.7. The fourth-order valence-electron chi connectivity index (χ4n) is 7.83. The SMILES string of the molecule is NC(N)=NCCC[C@H]1NCC(=O)[C@H](CCCCNC(=S)Nc2ccc(C[C@H]3CN(CC(=O)O)CCN(CC(=O)O)CCN3CC(=O)O)cc2)NC(=O)[C@@H](Cc2ccc(O)cc2)NC(=O)CNC1=O. The number of phenolic OH excluding ortho intramolecular Hbond substituents is 1. The molecule has 4 rings (SSSR count). The van der Waals surface area contributed by atoms with E-state index in [9.17, 15) is 54.0 Å². The van der Waals surface area contributed by atoms with Gasteiger partial charge in [0, 0.05) is 64.0 Å². The summed E-state index contributed by atoms with van der Waals surface area (Å²) < 4.78 is 0. The van der Waals surface area contributed by atoms with Crippen molar-refractivity contribution >= 4 is 70.4 Å². The molecule has 2 fully saturated rings. The average Bonchev–Trinajstić information content (AvgIpc) is 3.34. The van der Waals surface area contributed by atoms with Crippen molar-refractivity contribution < 1.29 is 54.0 Å². The smallest absolute Gasteiger partial charge is 0.317 e. The predicted octanol–water partition coefficient (Wildman–Crippen LogP) is -2.14. The van der Waals surface area contributed by atoms with Crippen LogP contribution >= 0.6 is 12.2 Å². The van der Waals surface area contributed by atoms with Gasteiger partial charge in [-0.2, -0.15) is 0 Å². The molecule has 372 valence electrons. The van der Waals surface area contributed by atoms with Crippen LogP contribution in [0.25, 0.3) is 0 Å². The van der Waals surface area contributed by atoms with E-state index in [1.54, 1.807) is 26.8 Å². The molecule has 2 heterocycles. The van der Waals surface area contributed by atoms with E-state index in [2.05, 4.69) is 36.9 Å². The topological polar surface area (TPSA) is 347 Å². The molecule has 14 N–H and O–H groups in total. The second-order valence-corrected chi connectivity index (χ2v) is 17.1. The number of carbonyl (C=O) groups is 7. The van der Waals surface area contributed by atoms with E-state index in [0.29, 0.717) is 68.2 Å². The highest BCUT2D eigenvalue weighted by Gasteiger charge is 2.31. The minimum Gasteiger partial charge on any atom is -0.508 e. The van der Waals surface area contributed by atoms with Gasteiger partial charge in [0.1, 0.15) is 11.8 Å². The normalized spacial score (nSPS) is 20.6. The standard InChI is InChI=1S/C44H64N12O11S/c45-43(46)47-15-3-5-34-41(66)50-23-37(59)52-35(21-29-8-12-32(57)13-9-29)42(67)53-33(36(58)22-49-34)4-1-2-14-48-44(68)51-30-10-6-28(7-11-30)20-31-24-55(26-39(62)63)17-16-54(25-38(60)61)18-19-56(31)27-40(64)65/h6-13,31,33-35,49,57H,1-5,14-27H2,(H,50,66)(H,52,59)(H,53,67)(H,60,61)(H,62,63)(H,64,65)(H4,45,46,47)(H2,48,51,68)/t31-,33-,34+,35+/m0/s1. The Morgan fingerprint density at radius 2 is 1.34 bits per heavy atom. The number of carbonyl (C=O) groups excluding carboxylic acids is 4. The van der Waals surface area contributed by atoms with Gasteiger partial charge >= 0.3 is 17.9 Å². The Bertz CT molecular complexity index is 2070. The molecule has 2 aromatic rings. The Kier molecular flexibility index (Phi) is 22.3. The molecule has 2 aliphatic heterocycles. The van der Waals surface area contributed by atoms with E-state index in [0.717, 1.165) is 5.56 Å². The molecule has 2 aromatic carbocycles. The second-order valence-electron chi connectivity index (χ2n) is 16.7. The summed E-state index contributed by atoms with van der Waals surface area (Å²) in [6.07, 6.45) is 2.34. The number of amides is 3. The Labute approximate surface area is 399 Å². The van der Waals surface area contributed by atoms with Gasteiger partial charge in [0.05, 0.1) is 44.8 Å². The highest BCUT2D eigenvalue weighted by atomic mass is 32.1. The minimum atomic E-state index is -1.10. The molecule has 24 heteroatoms. The summed E-state index contributed by atoms with van der Waals surface area (Å²) in [5, 5.41) is 56.1. The number of carboxylic acid groups (broad SMARTS) is 3. The zero-order chi connectivity index (χ0) is 49.6. The van der Waals surface area contributed by atoms with Gasteiger partial charge in [-0.25, -0.2) is 0 Å². The summed E-state index contributed by atoms with van der Waals surface area (Å²) in [5.74, 6) is -5.31. The number of rotatable bonds is 20. The van der Waals surface area contributed by atoms with E-state index in [-0.39, 0.29) is 88.6 Å². The lowest BCUT2D eigenvalue weighted by atomic mass is 10.0. The number of carboxylic acids is 3. The number of hydrogen-bond donors (Lipinski definition) is 12. The lowest BCUT2D eigenvalue weighted by molar-refractivity contribution is -0.140. The quantitative estimate of drug-likeness (QED) is 0.0291. The molecule has 23 nitrogen and oxygen atoms in total. The van der Waals surface area contributed by atoms with Gasteiger partial charge in [0.25, 0.3) is 0 Å². The highest BCUT2D eigenvalue weighted by molar-refractivity contribution is 7.80. The summed E-state index contributed by atoms with van der Waals surface area (Å²) in [4.78, 5) is 97.7. The van der Waals surface area contributed by atoms with Crippen molar-refractivity contribution in [1.29, 1.82) is 0 Å². The molecule has 0 radical (unpaired) electrons. The molecule has 0 aliphatic carbocycles. The first kappa shape index (κ1) is 54.1. The monoisotopic (exact) mass is 968 g/mol. The van der Waals surface area contributed by atoms with E-state index in [1.165, 1.54) is 12.1 Å². The number of aliphatic carboxylic acids is 3. The van der Waals surface area contributed by atoms with E-state index < -0.39 is 60.3 Å². The number of benzene rings is 2. The van der Waals surface area contributed by atoms with Crippen LogP contribution in [0.5, 0.6) is 5.75 Å². The first-order valence-corrected chi connectivity index (χ1v) is 22.8. The van der Waals surface area contributed by atoms with Gasteiger partial charge in [-0.3, -0.25) is 58.6 Å². The number of Topliss-reactive ketones (excluding diaryl/α,β-unsaturated/α-hetero) is 1. The van der Waals surface area contributed by atoms with Crippen molar-refractivity contribution in [2.45, 2.75) is 69.1 Å². The number of guanidine groups is 1. The predicted molar refractivity (Wildman–Crippen MR) is 255 cm³/mol. The van der Waals surface area contributed by atoms with Crippen LogP contribution < -0.4 is 43.4 Å². The molecule has 0 aromatic heterocycles. The van der Waals surface area contributed by atoms with Crippen LogP contribution in [0.1, 0.15) is 43.2 Å². The van der Waals surface area contributed by atoms with Crippen LogP contribution in [0.3, 0.4) is 0 Å². The zero-order valence-corrected chi connectivity index (χ0v) is 38.7. The second kappa shape index (κ2) is 28.0. The Morgan fingerprint density at radius 1 is 0.721 bits per heavy atom. The van der Waals surface area contributed by atoms with Crippen molar-refractivity contribution in [3.63, 3.8) is 0 Å². The number of nitrogens with zero attached hydrogens (tertiary/aromatic N) is 4. The van der Waals surface area contributed by atoms with Crippen LogP contribution in [0.4, 0.5) is 5.69 Å². The van der Waals surface area contributed by atoms with Crippen LogP contribution in [0.2, 0.25) is 0 Å². The molecule has 0 bridgehead atoms. The summed E-state index contributed by atoms with van der Waals surface area (Å²) in [6.45, 7) is 0.600. The number of ketones is 1. The number of nitrogens with two attached hydrogens (primary N) is 2. The van der Waals surface area contributed by atoms with Crippen molar-refractivity contribution in [2.24, 2.45) is 16.5 Å². The lowest BCUT2D eigenvalue weighted by Gasteiger charge is -2.33. The molecule has 2 saturated heterocycles. The highest BCUT2D eigenvalue weighted by Crippen LogP contribution is 2.17. The van der Waals surface area contributed by atoms with Crippen LogP contribution in [0.15, 0.2) is 53.5 Å². The van der Waals surface area contributed by atoms with Crippen molar-refractivity contribution in [2.75, 3.05) is 83.9 Å². The van der Waals surface area contributed by atoms with E-state index in [4.69, 9.17) is 23.7 Å². The summed E-state index contributed by atoms with van der Waals surface area (Å²) in [5.41, 5.74) is 13.0. The number of unbranched alkanes of at least 4 members (excludes halogenated alkanes) is 1. The van der Waals surface area contributed by atoms with Crippen LogP contribution in [-0.2, 0) is 46.4 Å². The number of anilines is 1. The molecular formula is C44H64N12O11S. The fourth-order valence-corrected chi connectivity index (χ4v) is 8.05. The van der Waals surface area contributed by atoms with Crippen LogP contribution in [0, 0.1) is 0 Å². The molecule has 0 unspecified atom stereocenters. The van der Waals surface area contributed by atoms with E-state index in [1.807, 2.05) is 24.3 Å². The Hall–Kier alpha value is -6.47. The maximum absolute atomic E-state index is 13.7. The average molecular weight is 969 g/mol. The van der Waals surface area contributed by atoms with Crippen molar-refractivity contribution in [1.82, 2.24) is 41.3 Å². The summed E-state index contributed by atoms with van der Waals surface area (Å²) in [6, 6.07) is 10.2. The molecule has 68 heavy (non-hydrogen) atoms. The van der Waals surface area contributed by atoms with Crippen molar-refractivity contribution in [3.05, 3.63) is 59.7 Å². The van der Waals surface area contributed by atoms with Gasteiger partial charge in [-0.1, -0.05) is 24.3 Å². The number of nitrogens with one attached hydrogen (secondary N) is 6. The molecule has 3 amide bonds. The number of phenols is 1. The van der Waals surface area contributed by atoms with E-state index >= 15 is 0 Å². The lowest BCUT2D eigenvalue weighted by Crippen LogP contribution is -2.54. The first-order valence-electron chi connectivity index (χ1n) is 22.4. The molecular weight excluding hydrogens is 905 g/mol. The minimum absolute atomic E-state index is 0.0254. The third kappa shape index (κ3) is 20.2. The maximum Gasteiger partial charge on any atom is 0.317 e. The van der Waals surface area contributed by atoms with Gasteiger partial charge in [-0.05, 0) is 86.1 Å². The largest absolute Gasteiger partial charge is 0.508 e. The van der Waals surface area contributed by atoms with Gasteiger partial charge in [-0.15, -0.1) is 0 Å². The molecule has 0 saturated carbocycles. The van der Waals surface area contributed by atoms with Gasteiger partial charge in [0.15, 0.2) is 16.9 Å². The molecule has 4 atom stereocenters. The summed E-state index contributed by atoms with van der Waals surface area (Å²) in [7, 11) is 0. The number of hydrogen-bond acceptors (Lipinski definition) is 14. The zero-order valence-electron chi connectivity index (χ0n) is 37.9. The Morgan fingerprint density at radius 3 is 2.01 bits per heavy atom. The van der Waals surface area contributed by atoms with Crippen LogP contribution in [-0.4, -0.2) is 190 Å². The number of aliphatic imine (C=N–C) groups is 1. The van der Waals surface area contributed by atoms with Crippen molar-refractivity contribution in [3.8, 4) is 5.75 Å². The number of aromatic hydroxyl groups is 1.